The van der Waals surface area contributed by atoms with E-state index in [9.17, 15) is 31.1 Å². The van der Waals surface area contributed by atoms with Crippen LogP contribution in [0.2, 0.25) is 0 Å². The first-order chi connectivity index (χ1) is 9.00. The Morgan fingerprint density at radius 3 is 2.25 bits per heavy atom. The molecule has 0 bridgehead atoms. The van der Waals surface area contributed by atoms with Crippen molar-refractivity contribution in [3.63, 3.8) is 0 Å². The highest BCUT2D eigenvalue weighted by Gasteiger charge is 2.33. The van der Waals surface area contributed by atoms with E-state index in [2.05, 4.69) is 0 Å². The summed E-state index contributed by atoms with van der Waals surface area (Å²) in [5.41, 5.74) is 2.95. The molecule has 1 rings (SSSR count). The molecule has 0 spiro atoms. The van der Waals surface area contributed by atoms with Crippen LogP contribution in [0.3, 0.4) is 0 Å². The number of rotatable bonds is 3. The SMILES string of the molecule is Nc1ccc(C(=O)NCCC(F)(F)F)cc1C(F)(F)F. The fourth-order valence-electron chi connectivity index (χ4n) is 1.36. The number of carbonyl (C=O) groups is 1. The van der Waals surface area contributed by atoms with Crippen molar-refractivity contribution in [2.24, 2.45) is 0 Å². The van der Waals surface area contributed by atoms with E-state index in [0.29, 0.717) is 6.07 Å². The maximum absolute atomic E-state index is 12.5. The molecule has 112 valence electrons. The molecule has 1 aromatic rings. The van der Waals surface area contributed by atoms with Crippen molar-refractivity contribution < 1.29 is 31.1 Å². The molecule has 0 heterocycles. The number of nitrogens with one attached hydrogen (secondary N) is 1. The number of amides is 1. The lowest BCUT2D eigenvalue weighted by Crippen LogP contribution is -2.28. The van der Waals surface area contributed by atoms with Crippen LogP contribution in [0.25, 0.3) is 0 Å². The molecular weight excluding hydrogens is 290 g/mol. The first-order valence-electron chi connectivity index (χ1n) is 5.32. The van der Waals surface area contributed by atoms with Crippen molar-refractivity contribution in [2.45, 2.75) is 18.8 Å². The van der Waals surface area contributed by atoms with E-state index in [4.69, 9.17) is 5.73 Å². The Morgan fingerprint density at radius 1 is 1.15 bits per heavy atom. The van der Waals surface area contributed by atoms with Gasteiger partial charge in [-0.15, -0.1) is 0 Å². The highest BCUT2D eigenvalue weighted by Crippen LogP contribution is 2.34. The smallest absolute Gasteiger partial charge is 0.398 e. The number of carbonyl (C=O) groups excluding carboxylic acids is 1. The Bertz CT molecular complexity index is 495. The molecule has 0 fully saturated rings. The summed E-state index contributed by atoms with van der Waals surface area (Å²) in [4.78, 5) is 11.4. The standard InChI is InChI=1S/C11H10F6N2O/c12-10(13,14)3-4-19-9(20)6-1-2-8(18)7(5-6)11(15,16)17/h1-2,5H,3-4,18H2,(H,19,20). The molecule has 3 N–H and O–H groups in total. The molecule has 0 saturated carbocycles. The van der Waals surface area contributed by atoms with Crippen molar-refractivity contribution in [3.05, 3.63) is 29.3 Å². The number of nitrogens with two attached hydrogens (primary N) is 1. The van der Waals surface area contributed by atoms with Crippen molar-refractivity contribution in [1.29, 1.82) is 0 Å². The minimum atomic E-state index is -4.74. The topological polar surface area (TPSA) is 55.1 Å². The van der Waals surface area contributed by atoms with E-state index in [0.717, 1.165) is 12.1 Å². The van der Waals surface area contributed by atoms with Crippen LogP contribution < -0.4 is 11.1 Å². The lowest BCUT2D eigenvalue weighted by molar-refractivity contribution is -0.137. The van der Waals surface area contributed by atoms with E-state index in [-0.39, 0.29) is 0 Å². The molecule has 0 radical (unpaired) electrons. The molecule has 0 atom stereocenters. The van der Waals surface area contributed by atoms with Gasteiger partial charge in [-0.05, 0) is 18.2 Å². The van der Waals surface area contributed by atoms with Gasteiger partial charge in [0.2, 0.25) is 0 Å². The lowest BCUT2D eigenvalue weighted by atomic mass is 10.1. The van der Waals surface area contributed by atoms with Gasteiger partial charge in [0.1, 0.15) is 0 Å². The Labute approximate surface area is 109 Å². The number of benzene rings is 1. The minimum Gasteiger partial charge on any atom is -0.398 e. The first-order valence-corrected chi connectivity index (χ1v) is 5.32. The van der Waals surface area contributed by atoms with Crippen LogP contribution in [-0.4, -0.2) is 18.6 Å². The third-order valence-corrected chi connectivity index (χ3v) is 2.31. The Balaban J connectivity index is 2.80. The van der Waals surface area contributed by atoms with E-state index < -0.39 is 48.0 Å². The third-order valence-electron chi connectivity index (χ3n) is 2.31. The van der Waals surface area contributed by atoms with Crippen LogP contribution >= 0.6 is 0 Å². The normalized spacial score (nSPS) is 12.3. The zero-order chi connectivity index (χ0) is 15.6. The van der Waals surface area contributed by atoms with Crippen LogP contribution in [0, 0.1) is 0 Å². The quantitative estimate of drug-likeness (QED) is 0.666. The predicted molar refractivity (Wildman–Crippen MR) is 58.9 cm³/mol. The molecule has 3 nitrogen and oxygen atoms in total. The summed E-state index contributed by atoms with van der Waals surface area (Å²) in [5, 5.41) is 1.89. The molecule has 20 heavy (non-hydrogen) atoms. The van der Waals surface area contributed by atoms with Crippen LogP contribution in [0.1, 0.15) is 22.3 Å². The lowest BCUT2D eigenvalue weighted by Gasteiger charge is -2.12. The molecule has 0 unspecified atom stereocenters. The second-order valence-electron chi connectivity index (χ2n) is 3.92. The molecule has 0 aliphatic rings. The van der Waals surface area contributed by atoms with Gasteiger partial charge in [0.15, 0.2) is 0 Å². The average Bonchev–Trinajstić information content (AvgIpc) is 2.26. The number of alkyl halides is 6. The van der Waals surface area contributed by atoms with E-state index in [1.807, 2.05) is 5.32 Å². The second-order valence-corrected chi connectivity index (χ2v) is 3.92. The van der Waals surface area contributed by atoms with E-state index in [1.165, 1.54) is 0 Å². The van der Waals surface area contributed by atoms with Crippen molar-refractivity contribution in [1.82, 2.24) is 5.32 Å². The molecule has 0 aromatic heterocycles. The van der Waals surface area contributed by atoms with Gasteiger partial charge in [-0.25, -0.2) is 0 Å². The second kappa shape index (κ2) is 5.59. The average molecular weight is 300 g/mol. The van der Waals surface area contributed by atoms with Crippen molar-refractivity contribution >= 4 is 11.6 Å². The van der Waals surface area contributed by atoms with Gasteiger partial charge in [-0.2, -0.15) is 26.3 Å². The third kappa shape index (κ3) is 4.63. The van der Waals surface area contributed by atoms with Gasteiger partial charge in [-0.1, -0.05) is 0 Å². The fraction of sp³-hybridized carbons (Fsp3) is 0.364. The van der Waals surface area contributed by atoms with Gasteiger partial charge < -0.3 is 11.1 Å². The van der Waals surface area contributed by atoms with Crippen LogP contribution in [0.5, 0.6) is 0 Å². The van der Waals surface area contributed by atoms with Gasteiger partial charge in [-0.3, -0.25) is 4.79 Å². The number of halogens is 6. The van der Waals surface area contributed by atoms with Crippen molar-refractivity contribution in [2.75, 3.05) is 12.3 Å². The zero-order valence-corrected chi connectivity index (χ0v) is 9.90. The number of hydrogen-bond donors (Lipinski definition) is 2. The molecule has 1 aromatic carbocycles. The summed E-state index contributed by atoms with van der Waals surface area (Å²) >= 11 is 0. The van der Waals surface area contributed by atoms with Gasteiger partial charge in [0.05, 0.1) is 12.0 Å². The first kappa shape index (κ1) is 16.1. The van der Waals surface area contributed by atoms with Gasteiger partial charge in [0, 0.05) is 17.8 Å². The summed E-state index contributed by atoms with van der Waals surface area (Å²) in [6, 6.07) is 2.38. The maximum Gasteiger partial charge on any atom is 0.418 e. The number of anilines is 1. The van der Waals surface area contributed by atoms with Gasteiger partial charge in [0.25, 0.3) is 5.91 Å². The van der Waals surface area contributed by atoms with Crippen molar-refractivity contribution in [3.8, 4) is 0 Å². The summed E-state index contributed by atoms with van der Waals surface area (Å²) in [7, 11) is 0. The van der Waals surface area contributed by atoms with E-state index in [1.54, 1.807) is 0 Å². The predicted octanol–water partition coefficient (Wildman–Crippen LogP) is 2.97. The molecule has 0 aliphatic carbocycles. The Morgan fingerprint density at radius 2 is 1.75 bits per heavy atom. The Hall–Kier alpha value is -1.93. The number of hydrogen-bond acceptors (Lipinski definition) is 2. The minimum absolute atomic E-state index is 0.409. The Kier molecular flexibility index (Phi) is 4.51. The van der Waals surface area contributed by atoms with Crippen LogP contribution in [-0.2, 0) is 6.18 Å². The fourth-order valence-corrected chi connectivity index (χ4v) is 1.36. The zero-order valence-electron chi connectivity index (χ0n) is 9.90. The molecule has 1 amide bonds. The maximum atomic E-state index is 12.5. The largest absolute Gasteiger partial charge is 0.418 e. The highest BCUT2D eigenvalue weighted by atomic mass is 19.4. The molecular formula is C11H10F6N2O. The molecule has 9 heteroatoms. The monoisotopic (exact) mass is 300 g/mol. The molecule has 0 saturated heterocycles. The summed E-state index contributed by atoms with van der Waals surface area (Å²) in [6.45, 7) is -0.714. The van der Waals surface area contributed by atoms with Gasteiger partial charge >= 0.3 is 12.4 Å². The van der Waals surface area contributed by atoms with Crippen LogP contribution in [0.4, 0.5) is 32.0 Å². The molecule has 0 aliphatic heterocycles. The van der Waals surface area contributed by atoms with Crippen LogP contribution in [0.15, 0.2) is 18.2 Å². The number of nitrogen functional groups attached to an aromatic ring is 1. The summed E-state index contributed by atoms with van der Waals surface area (Å²) in [6.07, 6.45) is -10.5. The summed E-state index contributed by atoms with van der Waals surface area (Å²) in [5.74, 6) is -1.03. The van der Waals surface area contributed by atoms with E-state index >= 15 is 0 Å². The summed E-state index contributed by atoms with van der Waals surface area (Å²) < 4.78 is 73.2. The highest BCUT2D eigenvalue weighted by molar-refractivity contribution is 5.94.